The Balaban J connectivity index is 1.78. The first kappa shape index (κ1) is 17.9. The topological polar surface area (TPSA) is 64.0 Å². The van der Waals surface area contributed by atoms with Crippen LogP contribution in [-0.2, 0) is 11.3 Å². The molecule has 25 heavy (non-hydrogen) atoms. The van der Waals surface area contributed by atoms with Gasteiger partial charge in [0, 0.05) is 15.8 Å². The number of anilines is 1. The van der Waals surface area contributed by atoms with Crippen LogP contribution in [0, 0.1) is 3.57 Å². The van der Waals surface area contributed by atoms with Gasteiger partial charge < -0.3 is 5.32 Å². The molecule has 0 bridgehead atoms. The summed E-state index contributed by atoms with van der Waals surface area (Å²) in [7, 11) is 0. The van der Waals surface area contributed by atoms with E-state index in [9.17, 15) is 9.59 Å². The normalized spacial score (nSPS) is 10.8. The fourth-order valence-electron chi connectivity index (χ4n) is 2.43. The molecule has 5 nitrogen and oxygen atoms in total. The number of amides is 1. The van der Waals surface area contributed by atoms with Gasteiger partial charge in [0.25, 0.3) is 5.56 Å². The molecule has 7 heteroatoms. The van der Waals surface area contributed by atoms with E-state index in [0.717, 1.165) is 9.26 Å². The number of hydrogen-bond acceptors (Lipinski definition) is 4. The summed E-state index contributed by atoms with van der Waals surface area (Å²) in [6.07, 6.45) is 0. The molecule has 2 aromatic carbocycles. The number of fused-ring (bicyclic) bond motifs is 1. The summed E-state index contributed by atoms with van der Waals surface area (Å²) in [4.78, 5) is 29.3. The Morgan fingerprint density at radius 1 is 1.24 bits per heavy atom. The van der Waals surface area contributed by atoms with E-state index in [0.29, 0.717) is 22.6 Å². The van der Waals surface area contributed by atoms with Crippen LogP contribution in [0.5, 0.6) is 0 Å². The highest BCUT2D eigenvalue weighted by atomic mass is 127. The molecule has 0 fully saturated rings. The van der Waals surface area contributed by atoms with Crippen LogP contribution in [0.3, 0.4) is 0 Å². The van der Waals surface area contributed by atoms with Gasteiger partial charge in [-0.3, -0.25) is 14.2 Å². The maximum Gasteiger partial charge on any atom is 0.262 e. The summed E-state index contributed by atoms with van der Waals surface area (Å²) in [6.45, 7) is 2.41. The van der Waals surface area contributed by atoms with Gasteiger partial charge in [-0.15, -0.1) is 0 Å². The Bertz CT molecular complexity index is 987. The Kier molecular flexibility index (Phi) is 5.74. The molecule has 1 heterocycles. The summed E-state index contributed by atoms with van der Waals surface area (Å²) in [5, 5.41) is 4.02. The molecule has 3 aromatic rings. The highest BCUT2D eigenvalue weighted by Gasteiger charge is 2.12. The molecular formula is C18H16IN3O2S. The van der Waals surface area contributed by atoms with Crippen LogP contribution in [-0.4, -0.2) is 21.2 Å². The van der Waals surface area contributed by atoms with E-state index >= 15 is 0 Å². The second kappa shape index (κ2) is 8.01. The quantitative estimate of drug-likeness (QED) is 0.354. The minimum Gasteiger partial charge on any atom is -0.325 e. The van der Waals surface area contributed by atoms with Crippen LogP contribution in [0.4, 0.5) is 5.69 Å². The van der Waals surface area contributed by atoms with E-state index in [2.05, 4.69) is 32.9 Å². The van der Waals surface area contributed by atoms with E-state index in [1.165, 1.54) is 11.8 Å². The second-order valence-corrected chi connectivity index (χ2v) is 7.50. The number of aromatic nitrogens is 2. The molecule has 0 saturated carbocycles. The van der Waals surface area contributed by atoms with Gasteiger partial charge in [0.1, 0.15) is 0 Å². The SMILES string of the molecule is CCn1c(SCC(=O)Nc2cccc(I)c2)nc2ccccc2c1=O. The lowest BCUT2D eigenvalue weighted by molar-refractivity contribution is -0.113. The standard InChI is InChI=1S/C18H16IN3O2S/c1-2-22-17(24)14-8-3-4-9-15(14)21-18(22)25-11-16(23)20-13-7-5-6-12(19)10-13/h3-10H,2,11H2,1H3,(H,20,23). The number of halogens is 1. The molecule has 0 aliphatic rings. The van der Waals surface area contributed by atoms with Gasteiger partial charge in [-0.05, 0) is 59.8 Å². The molecule has 1 amide bonds. The Morgan fingerprint density at radius 2 is 2.04 bits per heavy atom. The molecular weight excluding hydrogens is 449 g/mol. The van der Waals surface area contributed by atoms with Crippen molar-refractivity contribution in [3.63, 3.8) is 0 Å². The van der Waals surface area contributed by atoms with Crippen LogP contribution in [0.15, 0.2) is 58.5 Å². The van der Waals surface area contributed by atoms with Crippen molar-refractivity contribution in [2.45, 2.75) is 18.6 Å². The number of hydrogen-bond donors (Lipinski definition) is 1. The molecule has 0 radical (unpaired) electrons. The van der Waals surface area contributed by atoms with Crippen LogP contribution in [0.1, 0.15) is 6.92 Å². The first-order valence-corrected chi connectivity index (χ1v) is 9.82. The lowest BCUT2D eigenvalue weighted by Crippen LogP contribution is -2.23. The maximum atomic E-state index is 12.6. The number of benzene rings is 2. The Hall–Kier alpha value is -1.87. The summed E-state index contributed by atoms with van der Waals surface area (Å²) in [5.41, 5.74) is 1.34. The Labute approximate surface area is 163 Å². The second-order valence-electron chi connectivity index (χ2n) is 5.31. The number of thioether (sulfide) groups is 1. The first-order chi connectivity index (χ1) is 12.1. The van der Waals surface area contributed by atoms with Gasteiger partial charge in [0.15, 0.2) is 5.16 Å². The number of rotatable bonds is 5. The van der Waals surface area contributed by atoms with E-state index in [-0.39, 0.29) is 17.2 Å². The summed E-state index contributed by atoms with van der Waals surface area (Å²) < 4.78 is 2.66. The fourth-order valence-corrected chi connectivity index (χ4v) is 3.84. The summed E-state index contributed by atoms with van der Waals surface area (Å²) >= 11 is 3.47. The summed E-state index contributed by atoms with van der Waals surface area (Å²) in [5.74, 6) is 0.0630. The molecule has 0 saturated heterocycles. The molecule has 1 N–H and O–H groups in total. The van der Waals surface area contributed by atoms with Crippen molar-refractivity contribution in [3.8, 4) is 0 Å². The molecule has 0 aliphatic carbocycles. The number of nitrogens with one attached hydrogen (secondary N) is 1. The highest BCUT2D eigenvalue weighted by Crippen LogP contribution is 2.19. The minimum atomic E-state index is -0.128. The van der Waals surface area contributed by atoms with Crippen LogP contribution in [0.2, 0.25) is 0 Å². The molecule has 3 rings (SSSR count). The summed E-state index contributed by atoms with van der Waals surface area (Å²) in [6, 6.07) is 14.9. The maximum absolute atomic E-state index is 12.6. The van der Waals surface area contributed by atoms with Crippen molar-refractivity contribution in [1.29, 1.82) is 0 Å². The van der Waals surface area contributed by atoms with E-state index in [1.807, 2.05) is 49.4 Å². The van der Waals surface area contributed by atoms with Crippen molar-refractivity contribution in [2.75, 3.05) is 11.1 Å². The third-order valence-electron chi connectivity index (χ3n) is 3.58. The third-order valence-corrected chi connectivity index (χ3v) is 5.23. The third kappa shape index (κ3) is 4.21. The zero-order valence-electron chi connectivity index (χ0n) is 13.5. The number of carbonyl (C=O) groups is 1. The van der Waals surface area contributed by atoms with Crippen molar-refractivity contribution in [3.05, 3.63) is 62.5 Å². The van der Waals surface area contributed by atoms with Gasteiger partial charge in [0.05, 0.1) is 16.7 Å². The van der Waals surface area contributed by atoms with Gasteiger partial charge >= 0.3 is 0 Å². The molecule has 0 unspecified atom stereocenters. The van der Waals surface area contributed by atoms with Crippen LogP contribution >= 0.6 is 34.4 Å². The zero-order chi connectivity index (χ0) is 17.8. The lowest BCUT2D eigenvalue weighted by Gasteiger charge is -2.11. The average Bonchev–Trinajstić information content (AvgIpc) is 2.60. The van der Waals surface area contributed by atoms with Crippen molar-refractivity contribution >= 4 is 56.9 Å². The Morgan fingerprint density at radius 3 is 2.80 bits per heavy atom. The first-order valence-electron chi connectivity index (χ1n) is 7.76. The molecule has 0 atom stereocenters. The van der Waals surface area contributed by atoms with E-state index in [1.54, 1.807) is 10.6 Å². The van der Waals surface area contributed by atoms with Gasteiger partial charge in [0.2, 0.25) is 5.91 Å². The van der Waals surface area contributed by atoms with Crippen molar-refractivity contribution < 1.29 is 4.79 Å². The largest absolute Gasteiger partial charge is 0.325 e. The molecule has 1 aromatic heterocycles. The number of para-hydroxylation sites is 1. The molecule has 128 valence electrons. The van der Waals surface area contributed by atoms with Crippen molar-refractivity contribution in [1.82, 2.24) is 9.55 Å². The van der Waals surface area contributed by atoms with Gasteiger partial charge in [-0.2, -0.15) is 0 Å². The lowest BCUT2D eigenvalue weighted by atomic mass is 10.2. The van der Waals surface area contributed by atoms with E-state index in [4.69, 9.17) is 0 Å². The van der Waals surface area contributed by atoms with Crippen LogP contribution in [0.25, 0.3) is 10.9 Å². The average molecular weight is 465 g/mol. The number of carbonyl (C=O) groups excluding carboxylic acids is 1. The number of nitrogens with zero attached hydrogens (tertiary/aromatic N) is 2. The van der Waals surface area contributed by atoms with E-state index < -0.39 is 0 Å². The van der Waals surface area contributed by atoms with Crippen molar-refractivity contribution in [2.24, 2.45) is 0 Å². The fraction of sp³-hybridized carbons (Fsp3) is 0.167. The highest BCUT2D eigenvalue weighted by molar-refractivity contribution is 14.1. The van der Waals surface area contributed by atoms with Gasteiger partial charge in [-0.25, -0.2) is 4.98 Å². The predicted molar refractivity (Wildman–Crippen MR) is 110 cm³/mol. The van der Waals surface area contributed by atoms with Gasteiger partial charge in [-0.1, -0.05) is 30.0 Å². The monoisotopic (exact) mass is 465 g/mol. The predicted octanol–water partition coefficient (Wildman–Crippen LogP) is 3.75. The molecule has 0 aliphatic heterocycles. The smallest absolute Gasteiger partial charge is 0.262 e. The minimum absolute atomic E-state index is 0.0754. The van der Waals surface area contributed by atoms with Crippen LogP contribution < -0.4 is 10.9 Å². The molecule has 0 spiro atoms. The zero-order valence-corrected chi connectivity index (χ0v) is 16.5.